The molecule has 28 heavy (non-hydrogen) atoms. The number of allylic oxidation sites excluding steroid dienone is 3. The van der Waals surface area contributed by atoms with Gasteiger partial charge in [0.15, 0.2) is 5.78 Å². The Morgan fingerprint density at radius 2 is 2.11 bits per heavy atom. The molecule has 0 aliphatic heterocycles. The van der Waals surface area contributed by atoms with E-state index in [-0.39, 0.29) is 40.5 Å². The second kappa shape index (κ2) is 6.98. The zero-order chi connectivity index (χ0) is 20.3. The molecule has 5 heteroatoms. The molecule has 4 aliphatic carbocycles. The molecule has 4 aliphatic rings. The van der Waals surface area contributed by atoms with E-state index in [1.165, 1.54) is 12.5 Å². The first-order chi connectivity index (χ1) is 13.2. The summed E-state index contributed by atoms with van der Waals surface area (Å²) in [6.45, 7) is 6.08. The highest BCUT2D eigenvalue weighted by atomic mass is 35.5. The topological polar surface area (TPSA) is 63.6 Å². The van der Waals surface area contributed by atoms with Gasteiger partial charge in [0.05, 0.1) is 11.5 Å². The maximum Gasteiger partial charge on any atom is 0.302 e. The van der Waals surface area contributed by atoms with Crippen molar-refractivity contribution >= 4 is 23.4 Å². The molecule has 0 saturated heterocycles. The summed E-state index contributed by atoms with van der Waals surface area (Å²) < 4.78 is 5.16. The monoisotopic (exact) mass is 406 g/mol. The number of aliphatic hydroxyl groups excluding tert-OH is 1. The Bertz CT molecular complexity index is 756. The molecular weight excluding hydrogens is 376 g/mol. The fraction of sp³-hybridized carbons (Fsp3) is 0.739. The average Bonchev–Trinajstić information content (AvgIpc) is 2.96. The van der Waals surface area contributed by atoms with Crippen LogP contribution in [0.2, 0.25) is 0 Å². The van der Waals surface area contributed by atoms with Crippen LogP contribution in [-0.4, -0.2) is 34.9 Å². The van der Waals surface area contributed by atoms with Gasteiger partial charge in [-0.25, -0.2) is 0 Å². The standard InChI is InChI=1S/C23H31ClO4/c1-13(25)28-12-19(24)18-7-6-17-16-5-4-14-10-15(26)8-9-22(14,2)21(16)20(27)11-23(17,18)3/h7,10,16-17,19-21,27H,4-6,8-9,11-12H2,1-3H3/t16-,17-,19?,20-,21+,22-,23-/m0/s1. The number of rotatable bonds is 3. The van der Waals surface area contributed by atoms with Gasteiger partial charge in [-0.05, 0) is 72.3 Å². The number of ketones is 1. The van der Waals surface area contributed by atoms with Crippen LogP contribution in [-0.2, 0) is 14.3 Å². The van der Waals surface area contributed by atoms with Crippen molar-refractivity contribution in [2.75, 3.05) is 6.61 Å². The summed E-state index contributed by atoms with van der Waals surface area (Å²) in [6, 6.07) is 0. The lowest BCUT2D eigenvalue weighted by Crippen LogP contribution is -2.56. The van der Waals surface area contributed by atoms with Crippen LogP contribution in [0.4, 0.5) is 0 Å². The van der Waals surface area contributed by atoms with E-state index in [0.717, 1.165) is 31.3 Å². The van der Waals surface area contributed by atoms with Crippen LogP contribution in [0, 0.1) is 28.6 Å². The smallest absolute Gasteiger partial charge is 0.302 e. The van der Waals surface area contributed by atoms with Gasteiger partial charge in [-0.3, -0.25) is 9.59 Å². The molecule has 0 aromatic heterocycles. The summed E-state index contributed by atoms with van der Waals surface area (Å²) in [5.74, 6) is 0.997. The van der Waals surface area contributed by atoms with Gasteiger partial charge in [0.25, 0.3) is 0 Å². The summed E-state index contributed by atoms with van der Waals surface area (Å²) in [5.41, 5.74) is 2.15. The molecule has 154 valence electrons. The number of fused-ring (bicyclic) bond motifs is 5. The molecule has 7 atom stereocenters. The minimum Gasteiger partial charge on any atom is -0.464 e. The molecule has 0 amide bonds. The summed E-state index contributed by atoms with van der Waals surface area (Å²) in [6.07, 6.45) is 8.77. The van der Waals surface area contributed by atoms with E-state index >= 15 is 0 Å². The second-order valence-corrected chi connectivity index (χ2v) is 10.3. The zero-order valence-electron chi connectivity index (χ0n) is 17.0. The Morgan fingerprint density at radius 1 is 1.36 bits per heavy atom. The van der Waals surface area contributed by atoms with Crippen molar-refractivity contribution in [3.05, 3.63) is 23.3 Å². The summed E-state index contributed by atoms with van der Waals surface area (Å²) in [5, 5.41) is 11.0. The Labute approximate surface area is 172 Å². The highest BCUT2D eigenvalue weighted by molar-refractivity contribution is 6.22. The molecule has 4 rings (SSSR count). The minimum atomic E-state index is -0.410. The van der Waals surface area contributed by atoms with Gasteiger partial charge in [0.1, 0.15) is 6.61 Å². The minimum absolute atomic E-state index is 0.0710. The molecule has 0 aromatic carbocycles. The van der Waals surface area contributed by atoms with Gasteiger partial charge in [0, 0.05) is 13.3 Å². The van der Waals surface area contributed by atoms with Gasteiger partial charge >= 0.3 is 5.97 Å². The molecule has 0 aromatic rings. The molecule has 0 bridgehead atoms. The number of carbonyl (C=O) groups excluding carboxylic acids is 2. The SMILES string of the molecule is CC(=O)OCC(Cl)C1=CC[C@H]2[C@@H]3CCC4=CC(=O)CC[C@]4(C)[C@H]3[C@@H](O)C[C@]12C. The first kappa shape index (κ1) is 20.2. The number of halogens is 1. The molecule has 0 heterocycles. The van der Waals surface area contributed by atoms with Crippen LogP contribution in [0.15, 0.2) is 23.3 Å². The van der Waals surface area contributed by atoms with Crippen molar-refractivity contribution in [1.29, 1.82) is 0 Å². The first-order valence-electron chi connectivity index (χ1n) is 10.6. The largest absolute Gasteiger partial charge is 0.464 e. The summed E-state index contributed by atoms with van der Waals surface area (Å²) >= 11 is 6.64. The molecule has 0 radical (unpaired) electrons. The van der Waals surface area contributed by atoms with E-state index in [0.29, 0.717) is 24.7 Å². The van der Waals surface area contributed by atoms with Crippen molar-refractivity contribution in [3.63, 3.8) is 0 Å². The Morgan fingerprint density at radius 3 is 2.82 bits per heavy atom. The molecule has 4 nitrogen and oxygen atoms in total. The van der Waals surface area contributed by atoms with Crippen molar-refractivity contribution < 1.29 is 19.4 Å². The third-order valence-corrected chi connectivity index (χ3v) is 8.67. The van der Waals surface area contributed by atoms with Gasteiger partial charge in [-0.15, -0.1) is 11.6 Å². The molecule has 1 unspecified atom stereocenters. The Kier molecular flexibility index (Phi) is 5.03. The third-order valence-electron chi connectivity index (χ3n) is 8.31. The first-order valence-corrected chi connectivity index (χ1v) is 11.0. The maximum absolute atomic E-state index is 12.0. The van der Waals surface area contributed by atoms with Gasteiger partial charge < -0.3 is 9.84 Å². The number of aliphatic hydroxyl groups is 1. The zero-order valence-corrected chi connectivity index (χ0v) is 17.8. The van der Waals surface area contributed by atoms with E-state index in [2.05, 4.69) is 19.9 Å². The van der Waals surface area contributed by atoms with E-state index in [4.69, 9.17) is 16.3 Å². The van der Waals surface area contributed by atoms with Crippen molar-refractivity contribution in [3.8, 4) is 0 Å². The van der Waals surface area contributed by atoms with Gasteiger partial charge in [0.2, 0.25) is 0 Å². The predicted octanol–water partition coefficient (Wildman–Crippen LogP) is 4.20. The summed E-state index contributed by atoms with van der Waals surface area (Å²) in [4.78, 5) is 23.2. The Balaban J connectivity index is 1.61. The van der Waals surface area contributed by atoms with Gasteiger partial charge in [-0.1, -0.05) is 25.5 Å². The van der Waals surface area contributed by atoms with E-state index in [9.17, 15) is 14.7 Å². The normalized spacial score (nSPS) is 43.2. The number of carbonyl (C=O) groups is 2. The molecule has 2 fully saturated rings. The highest BCUT2D eigenvalue weighted by Crippen LogP contribution is 2.65. The van der Waals surface area contributed by atoms with Crippen LogP contribution in [0.25, 0.3) is 0 Å². The van der Waals surface area contributed by atoms with E-state index in [1.807, 2.05) is 6.08 Å². The highest BCUT2D eigenvalue weighted by Gasteiger charge is 2.60. The van der Waals surface area contributed by atoms with Crippen molar-refractivity contribution in [2.24, 2.45) is 28.6 Å². The van der Waals surface area contributed by atoms with Gasteiger partial charge in [-0.2, -0.15) is 0 Å². The summed E-state index contributed by atoms with van der Waals surface area (Å²) in [7, 11) is 0. The van der Waals surface area contributed by atoms with E-state index in [1.54, 1.807) is 0 Å². The Hall–Kier alpha value is -1.13. The predicted molar refractivity (Wildman–Crippen MR) is 108 cm³/mol. The number of hydrogen-bond donors (Lipinski definition) is 1. The van der Waals surface area contributed by atoms with Crippen LogP contribution >= 0.6 is 11.6 Å². The van der Waals surface area contributed by atoms with Crippen LogP contribution < -0.4 is 0 Å². The molecule has 2 saturated carbocycles. The lowest BCUT2D eigenvalue weighted by molar-refractivity contribution is -0.141. The van der Waals surface area contributed by atoms with Crippen molar-refractivity contribution in [1.82, 2.24) is 0 Å². The number of ether oxygens (including phenoxy) is 1. The van der Waals surface area contributed by atoms with E-state index < -0.39 is 6.10 Å². The quantitative estimate of drug-likeness (QED) is 0.433. The fourth-order valence-electron chi connectivity index (χ4n) is 7.05. The number of hydrogen-bond acceptors (Lipinski definition) is 4. The van der Waals surface area contributed by atoms with Crippen LogP contribution in [0.1, 0.15) is 59.3 Å². The van der Waals surface area contributed by atoms with Crippen LogP contribution in [0.3, 0.4) is 0 Å². The second-order valence-electron chi connectivity index (χ2n) is 9.74. The lowest BCUT2D eigenvalue weighted by Gasteiger charge is -2.59. The number of esters is 1. The van der Waals surface area contributed by atoms with Crippen LogP contribution in [0.5, 0.6) is 0 Å². The molecule has 1 N–H and O–H groups in total. The fourth-order valence-corrected chi connectivity index (χ4v) is 7.46. The average molecular weight is 407 g/mol. The third kappa shape index (κ3) is 2.99. The number of alkyl halides is 1. The maximum atomic E-state index is 12.0. The molecular formula is C23H31ClO4. The lowest BCUT2D eigenvalue weighted by atomic mass is 9.46. The molecule has 0 spiro atoms. The van der Waals surface area contributed by atoms with Crippen molar-refractivity contribution in [2.45, 2.75) is 70.8 Å².